The molecule has 4 aromatic rings. The Morgan fingerprint density at radius 3 is 2.74 bits per heavy atom. The normalized spacial score (nSPS) is 15.9. The summed E-state index contributed by atoms with van der Waals surface area (Å²) < 4.78 is 6.49. The molecule has 0 saturated carbocycles. The highest BCUT2D eigenvalue weighted by Crippen LogP contribution is 2.39. The number of carbonyl (C=O) groups is 1. The zero-order valence-electron chi connectivity index (χ0n) is 18.6. The van der Waals surface area contributed by atoms with Gasteiger partial charge < -0.3 is 15.0 Å². The number of ether oxygens (including phenoxy) is 1. The van der Waals surface area contributed by atoms with Crippen LogP contribution in [0.2, 0.25) is 5.02 Å². The summed E-state index contributed by atoms with van der Waals surface area (Å²) in [6.45, 7) is 1.41. The van der Waals surface area contributed by atoms with E-state index in [-0.39, 0.29) is 11.3 Å². The number of fused-ring (bicyclic) bond motifs is 2. The molecule has 0 aliphatic carbocycles. The second kappa shape index (κ2) is 10.0. The van der Waals surface area contributed by atoms with Crippen molar-refractivity contribution in [3.8, 4) is 5.75 Å². The Morgan fingerprint density at radius 1 is 1.12 bits per heavy atom. The highest BCUT2D eigenvalue weighted by atomic mass is 79.9. The third-order valence-electron chi connectivity index (χ3n) is 5.94. The minimum absolute atomic E-state index is 0.0644. The first kappa shape index (κ1) is 23.3. The van der Waals surface area contributed by atoms with Crippen LogP contribution >= 0.6 is 39.3 Å². The molecule has 5 rings (SSSR count). The summed E-state index contributed by atoms with van der Waals surface area (Å²) in [4.78, 5) is 19.4. The topological polar surface area (TPSA) is 54.5 Å². The number of benzene rings is 3. The molecule has 174 valence electrons. The Bertz CT molecular complexity index is 1370. The van der Waals surface area contributed by atoms with Gasteiger partial charge in [0.15, 0.2) is 0 Å². The van der Waals surface area contributed by atoms with Crippen molar-refractivity contribution in [3.63, 3.8) is 0 Å². The number of methoxy groups -OCH3 is 1. The molecule has 8 heteroatoms. The van der Waals surface area contributed by atoms with Crippen LogP contribution in [0, 0.1) is 0 Å². The Morgan fingerprint density at radius 2 is 1.94 bits per heavy atom. The van der Waals surface area contributed by atoms with Gasteiger partial charge in [-0.1, -0.05) is 39.7 Å². The second-order valence-electron chi connectivity index (χ2n) is 8.11. The van der Waals surface area contributed by atoms with Gasteiger partial charge in [0.25, 0.3) is 0 Å². The number of anilines is 1. The highest BCUT2D eigenvalue weighted by molar-refractivity contribution is 9.10. The van der Waals surface area contributed by atoms with Crippen molar-refractivity contribution in [1.29, 1.82) is 0 Å². The number of nitrogens with zero attached hydrogens (tertiary/aromatic N) is 2. The third-order valence-corrected chi connectivity index (χ3v) is 7.96. The van der Waals surface area contributed by atoms with Gasteiger partial charge in [-0.15, -0.1) is 11.8 Å². The van der Waals surface area contributed by atoms with Gasteiger partial charge in [0.2, 0.25) is 5.91 Å². The van der Waals surface area contributed by atoms with E-state index in [0.29, 0.717) is 17.3 Å². The van der Waals surface area contributed by atoms with Crippen molar-refractivity contribution in [2.24, 2.45) is 0 Å². The predicted molar refractivity (Wildman–Crippen MR) is 145 cm³/mol. The van der Waals surface area contributed by atoms with Gasteiger partial charge in [-0.3, -0.25) is 4.79 Å². The van der Waals surface area contributed by atoms with Gasteiger partial charge in [0.1, 0.15) is 11.1 Å². The van der Waals surface area contributed by atoms with E-state index in [4.69, 9.17) is 21.3 Å². The second-order valence-corrected chi connectivity index (χ2v) is 10.5. The van der Waals surface area contributed by atoms with Crippen LogP contribution in [-0.2, 0) is 4.79 Å². The maximum atomic E-state index is 12.6. The minimum atomic E-state index is 0.0644. The summed E-state index contributed by atoms with van der Waals surface area (Å²) in [7, 11) is 1.66. The number of aromatic nitrogens is 1. The molecule has 1 unspecified atom stereocenters. The number of pyridine rings is 1. The van der Waals surface area contributed by atoms with E-state index >= 15 is 0 Å². The van der Waals surface area contributed by atoms with Gasteiger partial charge in [-0.05, 0) is 60.5 Å². The van der Waals surface area contributed by atoms with Gasteiger partial charge in [-0.2, -0.15) is 0 Å². The first-order chi connectivity index (χ1) is 16.5. The number of hydrogen-bond donors (Lipinski definition) is 1. The lowest BCUT2D eigenvalue weighted by Crippen LogP contribution is -2.30. The van der Waals surface area contributed by atoms with Crippen LogP contribution in [0.5, 0.6) is 5.75 Å². The number of hydrogen-bond acceptors (Lipinski definition) is 5. The fraction of sp³-hybridized carbons (Fsp3) is 0.231. The SMILES string of the molecule is COc1ccc2nc3cc(Cl)ccc3c(NCCCN3C(=O)CSC3c3ccc(Br)cc3)c2c1. The quantitative estimate of drug-likeness (QED) is 0.198. The first-order valence-electron chi connectivity index (χ1n) is 11.0. The summed E-state index contributed by atoms with van der Waals surface area (Å²) in [5.74, 6) is 1.49. The lowest BCUT2D eigenvalue weighted by atomic mass is 10.1. The van der Waals surface area contributed by atoms with Crippen molar-refractivity contribution in [1.82, 2.24) is 9.88 Å². The van der Waals surface area contributed by atoms with E-state index in [2.05, 4.69) is 33.4 Å². The monoisotopic (exact) mass is 555 g/mol. The van der Waals surface area contributed by atoms with Crippen LogP contribution in [0.25, 0.3) is 21.8 Å². The molecule has 0 bridgehead atoms. The van der Waals surface area contributed by atoms with Gasteiger partial charge >= 0.3 is 0 Å². The number of nitrogens with one attached hydrogen (secondary N) is 1. The molecule has 1 atom stereocenters. The molecule has 0 spiro atoms. The Balaban J connectivity index is 1.36. The fourth-order valence-corrected chi connectivity index (χ4v) is 5.93. The van der Waals surface area contributed by atoms with Crippen LogP contribution in [0.4, 0.5) is 5.69 Å². The van der Waals surface area contributed by atoms with Crippen LogP contribution < -0.4 is 10.1 Å². The van der Waals surface area contributed by atoms with E-state index in [9.17, 15) is 4.79 Å². The molecule has 34 heavy (non-hydrogen) atoms. The highest BCUT2D eigenvalue weighted by Gasteiger charge is 2.32. The number of carbonyl (C=O) groups excluding carboxylic acids is 1. The largest absolute Gasteiger partial charge is 0.497 e. The molecule has 3 aromatic carbocycles. The molecule has 0 radical (unpaired) electrons. The summed E-state index contributed by atoms with van der Waals surface area (Å²) in [5, 5.41) is 6.33. The van der Waals surface area contributed by atoms with Crippen molar-refractivity contribution in [3.05, 3.63) is 75.7 Å². The number of thioether (sulfide) groups is 1. The fourth-order valence-electron chi connectivity index (χ4n) is 4.28. The summed E-state index contributed by atoms with van der Waals surface area (Å²) in [6.07, 6.45) is 0.822. The summed E-state index contributed by atoms with van der Waals surface area (Å²) >= 11 is 11.4. The zero-order chi connectivity index (χ0) is 23.7. The van der Waals surface area contributed by atoms with E-state index in [1.807, 2.05) is 53.4 Å². The average Bonchev–Trinajstić information content (AvgIpc) is 3.21. The zero-order valence-corrected chi connectivity index (χ0v) is 21.7. The third kappa shape index (κ3) is 4.69. The van der Waals surface area contributed by atoms with Crippen LogP contribution in [-0.4, -0.2) is 41.7 Å². The Hall–Kier alpha value is -2.48. The van der Waals surface area contributed by atoms with Gasteiger partial charge in [0.05, 0.1) is 29.6 Å². The average molecular weight is 557 g/mol. The molecule has 1 N–H and O–H groups in total. The number of rotatable bonds is 7. The Kier molecular flexibility index (Phi) is 6.86. The van der Waals surface area contributed by atoms with Gasteiger partial charge in [-0.25, -0.2) is 4.98 Å². The first-order valence-corrected chi connectivity index (χ1v) is 13.2. The summed E-state index contributed by atoms with van der Waals surface area (Å²) in [5.41, 5.74) is 3.87. The predicted octanol–water partition coefficient (Wildman–Crippen LogP) is 6.89. The van der Waals surface area contributed by atoms with E-state index in [1.165, 1.54) is 0 Å². The molecule has 5 nitrogen and oxygen atoms in total. The molecule has 1 saturated heterocycles. The van der Waals surface area contributed by atoms with E-state index in [0.717, 1.165) is 56.2 Å². The lowest BCUT2D eigenvalue weighted by Gasteiger charge is -2.24. The number of amides is 1. The Labute approximate surface area is 215 Å². The van der Waals surface area contributed by atoms with Crippen LogP contribution in [0.1, 0.15) is 17.4 Å². The summed E-state index contributed by atoms with van der Waals surface area (Å²) in [6, 6.07) is 19.9. The molecule has 1 aromatic heterocycles. The van der Waals surface area contributed by atoms with Crippen molar-refractivity contribution in [2.45, 2.75) is 11.8 Å². The van der Waals surface area contributed by atoms with E-state index in [1.54, 1.807) is 18.9 Å². The molecular formula is C26H23BrClN3O2S. The lowest BCUT2D eigenvalue weighted by molar-refractivity contribution is -0.128. The van der Waals surface area contributed by atoms with Crippen LogP contribution in [0.15, 0.2) is 65.1 Å². The van der Waals surface area contributed by atoms with Crippen molar-refractivity contribution in [2.75, 3.05) is 31.3 Å². The van der Waals surface area contributed by atoms with Crippen molar-refractivity contribution >= 4 is 72.7 Å². The maximum Gasteiger partial charge on any atom is 0.233 e. The van der Waals surface area contributed by atoms with Crippen molar-refractivity contribution < 1.29 is 9.53 Å². The molecule has 1 fully saturated rings. The molecule has 1 amide bonds. The number of halogens is 2. The molecule has 1 aliphatic heterocycles. The smallest absolute Gasteiger partial charge is 0.233 e. The molecular weight excluding hydrogens is 534 g/mol. The minimum Gasteiger partial charge on any atom is -0.497 e. The molecule has 2 heterocycles. The standard InChI is InChI=1S/C26H23BrClN3O2S/c1-33-19-8-10-22-21(14-19)25(20-9-7-18(28)13-23(20)30-22)29-11-2-12-31-24(32)15-34-26(31)16-3-5-17(27)6-4-16/h3-10,13-14,26H,2,11-12,15H2,1H3,(H,29,30). The molecule has 1 aliphatic rings. The maximum absolute atomic E-state index is 12.6. The van der Waals surface area contributed by atoms with Gasteiger partial charge in [0, 0.05) is 33.4 Å². The van der Waals surface area contributed by atoms with E-state index < -0.39 is 0 Å². The van der Waals surface area contributed by atoms with Crippen LogP contribution in [0.3, 0.4) is 0 Å².